The number of hydrogen-bond donors (Lipinski definition) is 2. The first kappa shape index (κ1) is 19.2. The predicted molar refractivity (Wildman–Crippen MR) is 86.7 cm³/mol. The van der Waals surface area contributed by atoms with Gasteiger partial charge in [-0.2, -0.15) is 0 Å². The molecule has 1 aromatic heterocycles. The van der Waals surface area contributed by atoms with Gasteiger partial charge in [0.2, 0.25) is 5.91 Å². The number of nitrogens with two attached hydrogens (primary N) is 1. The number of rotatable bonds is 3. The Morgan fingerprint density at radius 2 is 2.10 bits per heavy atom. The van der Waals surface area contributed by atoms with Crippen LogP contribution in [0, 0.1) is 12.8 Å². The third kappa shape index (κ3) is 5.65. The molecule has 6 heteroatoms. The van der Waals surface area contributed by atoms with Crippen LogP contribution in [-0.4, -0.2) is 16.9 Å². The van der Waals surface area contributed by atoms with E-state index in [-0.39, 0.29) is 36.8 Å². The summed E-state index contributed by atoms with van der Waals surface area (Å²) in [4.78, 5) is 16.1. The molecular weight excluding hydrogens is 297 g/mol. The van der Waals surface area contributed by atoms with Crippen molar-refractivity contribution in [2.24, 2.45) is 11.7 Å². The molecule has 20 heavy (non-hydrogen) atoms. The van der Waals surface area contributed by atoms with Crippen molar-refractivity contribution < 1.29 is 4.79 Å². The molecule has 1 aliphatic rings. The largest absolute Gasteiger partial charge is 0.327 e. The Morgan fingerprint density at radius 3 is 2.75 bits per heavy atom. The van der Waals surface area contributed by atoms with E-state index in [0.717, 1.165) is 24.2 Å². The van der Waals surface area contributed by atoms with Crippen molar-refractivity contribution >= 4 is 36.4 Å². The highest BCUT2D eigenvalue weighted by Crippen LogP contribution is 2.26. The van der Waals surface area contributed by atoms with Crippen LogP contribution in [0.1, 0.15) is 37.8 Å². The topological polar surface area (TPSA) is 68.0 Å². The molecule has 0 saturated heterocycles. The van der Waals surface area contributed by atoms with Crippen LogP contribution < -0.4 is 11.1 Å². The number of nitrogens with one attached hydrogen (secondary N) is 1. The zero-order valence-corrected chi connectivity index (χ0v) is 13.3. The van der Waals surface area contributed by atoms with Crippen LogP contribution in [0.25, 0.3) is 0 Å². The van der Waals surface area contributed by atoms with E-state index in [9.17, 15) is 4.79 Å². The van der Waals surface area contributed by atoms with Gasteiger partial charge >= 0.3 is 0 Å². The maximum absolute atomic E-state index is 12.0. The van der Waals surface area contributed by atoms with Crippen LogP contribution in [0.2, 0.25) is 0 Å². The molecule has 0 bridgehead atoms. The second-order valence-electron chi connectivity index (χ2n) is 5.15. The molecule has 2 atom stereocenters. The second-order valence-corrected chi connectivity index (χ2v) is 5.15. The molecule has 0 spiro atoms. The van der Waals surface area contributed by atoms with Gasteiger partial charge in [-0.05, 0) is 37.8 Å². The van der Waals surface area contributed by atoms with Crippen molar-refractivity contribution in [3.8, 4) is 0 Å². The smallest absolute Gasteiger partial charge is 0.224 e. The van der Waals surface area contributed by atoms with Crippen LogP contribution in [0.3, 0.4) is 0 Å². The molecule has 114 valence electrons. The maximum atomic E-state index is 12.0. The van der Waals surface area contributed by atoms with Crippen molar-refractivity contribution in [1.29, 1.82) is 0 Å². The minimum Gasteiger partial charge on any atom is -0.327 e. The lowest BCUT2D eigenvalue weighted by atomic mass is 9.83. The van der Waals surface area contributed by atoms with Gasteiger partial charge in [0.15, 0.2) is 0 Å². The van der Waals surface area contributed by atoms with Gasteiger partial charge in [-0.1, -0.05) is 12.8 Å². The van der Waals surface area contributed by atoms with Crippen molar-refractivity contribution in [3.05, 3.63) is 24.0 Å². The van der Waals surface area contributed by atoms with E-state index in [1.165, 1.54) is 12.8 Å². The highest BCUT2D eigenvalue weighted by Gasteiger charge is 2.24. The maximum Gasteiger partial charge on any atom is 0.224 e. The highest BCUT2D eigenvalue weighted by molar-refractivity contribution is 5.90. The summed E-state index contributed by atoms with van der Waals surface area (Å²) in [5.74, 6) is 0.393. The molecule has 1 aliphatic carbocycles. The molecule has 1 fully saturated rings. The summed E-state index contributed by atoms with van der Waals surface area (Å²) in [5, 5.41) is 2.92. The summed E-state index contributed by atoms with van der Waals surface area (Å²) in [6, 6.07) is 3.87. The Hall–Kier alpha value is -0.840. The highest BCUT2D eigenvalue weighted by atomic mass is 35.5. The average molecular weight is 320 g/mol. The molecule has 2 unspecified atom stereocenters. The fraction of sp³-hybridized carbons (Fsp3) is 0.571. The van der Waals surface area contributed by atoms with Gasteiger partial charge in [-0.3, -0.25) is 9.78 Å². The first-order valence-electron chi connectivity index (χ1n) is 6.63. The molecule has 0 aromatic carbocycles. The molecule has 0 aliphatic heterocycles. The first-order valence-corrected chi connectivity index (χ1v) is 6.63. The SMILES string of the molecule is Cc1cc(NC(=O)CC2CCCCC2N)ccn1.Cl.Cl. The van der Waals surface area contributed by atoms with E-state index in [1.54, 1.807) is 6.20 Å². The Kier molecular flexibility index (Phi) is 8.78. The van der Waals surface area contributed by atoms with E-state index in [1.807, 2.05) is 19.1 Å². The van der Waals surface area contributed by atoms with Gasteiger partial charge in [0.1, 0.15) is 0 Å². The molecule has 1 aromatic rings. The Bertz CT molecular complexity index is 429. The lowest BCUT2D eigenvalue weighted by Gasteiger charge is -2.27. The minimum absolute atomic E-state index is 0. The number of pyridine rings is 1. The molecular formula is C14H23Cl2N3O. The van der Waals surface area contributed by atoms with Crippen molar-refractivity contribution in [1.82, 2.24) is 4.98 Å². The van der Waals surface area contributed by atoms with Gasteiger partial charge < -0.3 is 11.1 Å². The standard InChI is InChI=1S/C14H21N3O.2ClH/c1-10-8-12(6-7-16-10)17-14(18)9-11-4-2-3-5-13(11)15;;/h6-8,11,13H,2-5,9,15H2,1H3,(H,16,17,18);2*1H. The Labute approximate surface area is 132 Å². The summed E-state index contributed by atoms with van der Waals surface area (Å²) in [6.45, 7) is 1.91. The summed E-state index contributed by atoms with van der Waals surface area (Å²) in [6.07, 6.45) is 6.75. The summed E-state index contributed by atoms with van der Waals surface area (Å²) < 4.78 is 0. The average Bonchev–Trinajstić information content (AvgIpc) is 2.32. The number of aromatic nitrogens is 1. The zero-order valence-electron chi connectivity index (χ0n) is 11.7. The van der Waals surface area contributed by atoms with Crippen LogP contribution >= 0.6 is 24.8 Å². The van der Waals surface area contributed by atoms with Gasteiger partial charge in [0, 0.05) is 30.0 Å². The van der Waals surface area contributed by atoms with Crippen LogP contribution in [0.15, 0.2) is 18.3 Å². The summed E-state index contributed by atoms with van der Waals surface area (Å²) in [5.41, 5.74) is 7.78. The van der Waals surface area contributed by atoms with Crippen LogP contribution in [-0.2, 0) is 4.79 Å². The third-order valence-corrected chi connectivity index (χ3v) is 3.60. The number of carbonyl (C=O) groups is 1. The minimum atomic E-state index is 0. The van der Waals surface area contributed by atoms with Crippen LogP contribution in [0.4, 0.5) is 5.69 Å². The van der Waals surface area contributed by atoms with Crippen molar-refractivity contribution in [2.45, 2.75) is 45.1 Å². The lowest BCUT2D eigenvalue weighted by molar-refractivity contribution is -0.117. The molecule has 1 saturated carbocycles. The monoisotopic (exact) mass is 319 g/mol. The fourth-order valence-electron chi connectivity index (χ4n) is 2.56. The van der Waals surface area contributed by atoms with Crippen molar-refractivity contribution in [2.75, 3.05) is 5.32 Å². The molecule has 1 heterocycles. The van der Waals surface area contributed by atoms with E-state index in [4.69, 9.17) is 5.73 Å². The number of halogens is 2. The van der Waals surface area contributed by atoms with Gasteiger partial charge in [0.25, 0.3) is 0 Å². The second kappa shape index (κ2) is 9.16. The van der Waals surface area contributed by atoms with Crippen LogP contribution in [0.5, 0.6) is 0 Å². The first-order chi connectivity index (χ1) is 8.65. The fourth-order valence-corrected chi connectivity index (χ4v) is 2.56. The number of amides is 1. The predicted octanol–water partition coefficient (Wildman–Crippen LogP) is 3.08. The summed E-state index contributed by atoms with van der Waals surface area (Å²) >= 11 is 0. The van der Waals surface area contributed by atoms with Gasteiger partial charge in [-0.25, -0.2) is 0 Å². The van der Waals surface area contributed by atoms with Crippen molar-refractivity contribution in [3.63, 3.8) is 0 Å². The van der Waals surface area contributed by atoms with Gasteiger partial charge in [0.05, 0.1) is 0 Å². The Morgan fingerprint density at radius 1 is 1.40 bits per heavy atom. The third-order valence-electron chi connectivity index (χ3n) is 3.60. The number of aryl methyl sites for hydroxylation is 1. The molecule has 4 nitrogen and oxygen atoms in total. The van der Waals surface area contributed by atoms with E-state index < -0.39 is 0 Å². The molecule has 1 amide bonds. The molecule has 3 N–H and O–H groups in total. The van der Waals surface area contributed by atoms with E-state index >= 15 is 0 Å². The molecule has 2 rings (SSSR count). The normalized spacial score (nSPS) is 21.3. The van der Waals surface area contributed by atoms with E-state index in [0.29, 0.717) is 12.3 Å². The lowest BCUT2D eigenvalue weighted by Crippen LogP contribution is -2.35. The zero-order chi connectivity index (χ0) is 13.0. The number of nitrogens with zero attached hydrogens (tertiary/aromatic N) is 1. The number of hydrogen-bond acceptors (Lipinski definition) is 3. The Balaban J connectivity index is 0.00000180. The van der Waals surface area contributed by atoms with Gasteiger partial charge in [-0.15, -0.1) is 24.8 Å². The number of carbonyl (C=O) groups excluding carboxylic acids is 1. The quantitative estimate of drug-likeness (QED) is 0.899. The summed E-state index contributed by atoms with van der Waals surface area (Å²) in [7, 11) is 0. The number of anilines is 1. The molecule has 0 radical (unpaired) electrons. The van der Waals surface area contributed by atoms with E-state index in [2.05, 4.69) is 10.3 Å².